The summed E-state index contributed by atoms with van der Waals surface area (Å²) in [4.78, 5) is 26.5. The largest absolute Gasteiger partial charge is 0.511 e. The smallest absolute Gasteiger partial charge is 0.303 e. The minimum atomic E-state index is -1.21. The van der Waals surface area contributed by atoms with Crippen molar-refractivity contribution in [1.29, 1.82) is 0 Å². The summed E-state index contributed by atoms with van der Waals surface area (Å²) < 4.78 is 15.0. The number of hydrogen-bond donors (Lipinski definition) is 3. The van der Waals surface area contributed by atoms with E-state index in [-0.39, 0.29) is 24.0 Å². The van der Waals surface area contributed by atoms with Crippen molar-refractivity contribution in [3.63, 3.8) is 0 Å². The highest BCUT2D eigenvalue weighted by Gasteiger charge is 2.41. The van der Waals surface area contributed by atoms with E-state index in [2.05, 4.69) is 19.2 Å². The van der Waals surface area contributed by atoms with Crippen molar-refractivity contribution in [1.82, 2.24) is 5.32 Å². The molecule has 6 rings (SSSR count). The lowest BCUT2D eigenvalue weighted by atomic mass is 9.86. The third-order valence-electron chi connectivity index (χ3n) is 9.17. The molecule has 5 heterocycles. The van der Waals surface area contributed by atoms with E-state index in [4.69, 9.17) is 15.0 Å². The molecule has 0 spiro atoms. The number of rotatable bonds is 5. The Morgan fingerprint density at radius 2 is 1.78 bits per heavy atom. The van der Waals surface area contributed by atoms with E-state index in [1.54, 1.807) is 0 Å². The molecule has 6 aliphatic rings. The maximum atomic E-state index is 15.0. The number of hydrogen-bond acceptors (Lipinski definition) is 6. The van der Waals surface area contributed by atoms with Crippen LogP contribution in [0.1, 0.15) is 67.2 Å². The molecular formula is C33H35FN4O3. The number of nitrogens with zero attached hydrogens (tertiary/aromatic N) is 3. The lowest BCUT2D eigenvalue weighted by Crippen LogP contribution is -2.15. The minimum absolute atomic E-state index is 0.0238. The van der Waals surface area contributed by atoms with Crippen molar-refractivity contribution in [2.75, 3.05) is 0 Å². The van der Waals surface area contributed by atoms with Gasteiger partial charge in [-0.15, -0.1) is 0 Å². The highest BCUT2D eigenvalue weighted by molar-refractivity contribution is 6.21. The summed E-state index contributed by atoms with van der Waals surface area (Å²) in [6.07, 6.45) is 6.18. The number of aliphatic hydroxyl groups excluding tert-OH is 1. The van der Waals surface area contributed by atoms with Crippen LogP contribution in [0, 0.1) is 11.8 Å². The van der Waals surface area contributed by atoms with Gasteiger partial charge >= 0.3 is 5.97 Å². The van der Waals surface area contributed by atoms with Gasteiger partial charge in [0.05, 0.1) is 34.2 Å². The van der Waals surface area contributed by atoms with Gasteiger partial charge in [-0.1, -0.05) is 13.8 Å². The fraction of sp³-hybridized carbons (Fsp3) is 0.394. The maximum absolute atomic E-state index is 15.0. The van der Waals surface area contributed by atoms with Crippen LogP contribution in [0.5, 0.6) is 0 Å². The first-order valence-electron chi connectivity index (χ1n) is 14.3. The summed E-state index contributed by atoms with van der Waals surface area (Å²) in [7, 11) is 0. The molecule has 0 amide bonds. The Labute approximate surface area is 239 Å². The summed E-state index contributed by atoms with van der Waals surface area (Å²) in [5.74, 6) is -0.728. The molecule has 0 aromatic heterocycles. The van der Waals surface area contributed by atoms with E-state index in [0.717, 1.165) is 74.1 Å². The SMILES string of the molecule is CCC1=C(C)C2=NC1=CC1=C(C)C3=C(O)CC(=C4NC(=CC5=NC(=C2)C(C(C)F)=C5C)[C@@H](C)[C@@H]4CCC(=O)O)C3=N1. The Bertz CT molecular complexity index is 1670. The number of allylic oxidation sites excluding steroid dienone is 12. The van der Waals surface area contributed by atoms with E-state index in [0.29, 0.717) is 29.8 Å². The van der Waals surface area contributed by atoms with Crippen LogP contribution in [-0.2, 0) is 4.79 Å². The molecule has 1 aliphatic carbocycles. The van der Waals surface area contributed by atoms with Crippen LogP contribution in [0.15, 0.2) is 106 Å². The van der Waals surface area contributed by atoms with Gasteiger partial charge < -0.3 is 15.5 Å². The van der Waals surface area contributed by atoms with Crippen LogP contribution < -0.4 is 5.32 Å². The van der Waals surface area contributed by atoms with Crippen LogP contribution >= 0.6 is 0 Å². The van der Waals surface area contributed by atoms with Gasteiger partial charge in [-0.2, -0.15) is 0 Å². The van der Waals surface area contributed by atoms with Gasteiger partial charge in [-0.3, -0.25) is 4.79 Å². The van der Waals surface area contributed by atoms with E-state index in [1.807, 2.05) is 39.0 Å². The average Bonchev–Trinajstić information content (AvgIpc) is 3.65. The molecule has 1 unspecified atom stereocenters. The highest BCUT2D eigenvalue weighted by atomic mass is 19.1. The second-order valence-corrected chi connectivity index (χ2v) is 11.6. The molecule has 212 valence electrons. The summed E-state index contributed by atoms with van der Waals surface area (Å²) in [6, 6.07) is 0. The number of carboxylic acid groups (broad SMARTS) is 1. The standard InChI is InChI=1S/C33H35FN4O3/c1-7-19-14(2)22-13-27-30(18(6)34)16(4)24(36-27)11-23-15(3)20(8-9-29(40)41)32(37-23)21-10-28(39)31-17(5)25(38-33(21)31)12-26(19)35-22/h11-13,15,18,20,37,39H,7-10H2,1-6H3,(H,40,41)/t15-,18?,20-/m0/s1. The van der Waals surface area contributed by atoms with Crippen LogP contribution in [0.2, 0.25) is 0 Å². The quantitative estimate of drug-likeness (QED) is 0.344. The van der Waals surface area contributed by atoms with E-state index in [9.17, 15) is 15.0 Å². The maximum Gasteiger partial charge on any atom is 0.303 e. The topological polar surface area (TPSA) is 107 Å². The third kappa shape index (κ3) is 4.23. The lowest BCUT2D eigenvalue weighted by molar-refractivity contribution is -0.137. The molecule has 1 fully saturated rings. The molecule has 0 radical (unpaired) electrons. The van der Waals surface area contributed by atoms with Crippen molar-refractivity contribution in [2.24, 2.45) is 26.8 Å². The summed E-state index contributed by atoms with van der Waals surface area (Å²) >= 11 is 0. The lowest BCUT2D eigenvalue weighted by Gasteiger charge is -2.17. The molecular weight excluding hydrogens is 519 g/mol. The van der Waals surface area contributed by atoms with Crippen LogP contribution in [0.4, 0.5) is 4.39 Å². The average molecular weight is 555 g/mol. The molecule has 0 saturated carbocycles. The van der Waals surface area contributed by atoms with Gasteiger partial charge in [0.2, 0.25) is 0 Å². The Morgan fingerprint density at radius 3 is 2.46 bits per heavy atom. The van der Waals surface area contributed by atoms with Crippen molar-refractivity contribution in [2.45, 2.75) is 73.4 Å². The second-order valence-electron chi connectivity index (χ2n) is 11.6. The summed E-state index contributed by atoms with van der Waals surface area (Å²) in [5.41, 5.74) is 12.1. The fourth-order valence-electron chi connectivity index (χ4n) is 6.91. The first-order valence-corrected chi connectivity index (χ1v) is 14.3. The number of alkyl halides is 1. The molecule has 3 N–H and O–H groups in total. The Hall–Kier alpha value is -4.07. The summed E-state index contributed by atoms with van der Waals surface area (Å²) in [6.45, 7) is 11.6. The molecule has 3 atom stereocenters. The summed E-state index contributed by atoms with van der Waals surface area (Å²) in [5, 5.41) is 24.2. The molecule has 8 heteroatoms. The number of nitrogens with one attached hydrogen (secondary N) is 1. The molecule has 5 aliphatic heterocycles. The number of fused-ring (bicyclic) bond motifs is 5. The molecule has 41 heavy (non-hydrogen) atoms. The first kappa shape index (κ1) is 27.1. The van der Waals surface area contributed by atoms with E-state index < -0.39 is 12.1 Å². The third-order valence-corrected chi connectivity index (χ3v) is 9.17. The zero-order chi connectivity index (χ0) is 29.3. The number of carboxylic acids is 1. The zero-order valence-electron chi connectivity index (χ0n) is 24.3. The van der Waals surface area contributed by atoms with Gasteiger partial charge in [-0.05, 0) is 81.1 Å². The van der Waals surface area contributed by atoms with Gasteiger partial charge in [-0.25, -0.2) is 19.4 Å². The predicted octanol–water partition coefficient (Wildman–Crippen LogP) is 6.88. The number of aliphatic imine (C=N–C) groups is 3. The second kappa shape index (κ2) is 9.79. The Morgan fingerprint density at radius 1 is 1.07 bits per heavy atom. The van der Waals surface area contributed by atoms with Gasteiger partial charge in [0.1, 0.15) is 11.9 Å². The van der Waals surface area contributed by atoms with Crippen LogP contribution in [0.3, 0.4) is 0 Å². The highest BCUT2D eigenvalue weighted by Crippen LogP contribution is 2.46. The van der Waals surface area contributed by atoms with Crippen molar-refractivity contribution in [3.05, 3.63) is 91.5 Å². The van der Waals surface area contributed by atoms with Gasteiger partial charge in [0, 0.05) is 52.8 Å². The minimum Gasteiger partial charge on any atom is -0.511 e. The predicted molar refractivity (Wildman–Crippen MR) is 159 cm³/mol. The van der Waals surface area contributed by atoms with Crippen LogP contribution in [0.25, 0.3) is 0 Å². The first-order chi connectivity index (χ1) is 19.5. The monoisotopic (exact) mass is 554 g/mol. The molecule has 0 aromatic rings. The molecule has 0 aromatic carbocycles. The van der Waals surface area contributed by atoms with E-state index >= 15 is 4.39 Å². The number of aliphatic carboxylic acids is 1. The van der Waals surface area contributed by atoms with Gasteiger partial charge in [0.25, 0.3) is 0 Å². The number of aliphatic hydroxyl groups is 1. The number of halogens is 1. The molecule has 1 saturated heterocycles. The van der Waals surface area contributed by atoms with E-state index in [1.165, 1.54) is 6.92 Å². The van der Waals surface area contributed by atoms with Crippen molar-refractivity contribution >= 4 is 23.1 Å². The van der Waals surface area contributed by atoms with Gasteiger partial charge in [0.15, 0.2) is 0 Å². The normalized spacial score (nSPS) is 25.9. The fourth-order valence-corrected chi connectivity index (χ4v) is 6.91. The molecule has 8 bridgehead atoms. The molecule has 7 nitrogen and oxygen atoms in total. The number of carbonyl (C=O) groups is 1. The Balaban J connectivity index is 1.62. The Kier molecular flexibility index (Phi) is 6.47. The van der Waals surface area contributed by atoms with Crippen molar-refractivity contribution < 1.29 is 19.4 Å². The zero-order valence-corrected chi connectivity index (χ0v) is 24.3. The van der Waals surface area contributed by atoms with Crippen molar-refractivity contribution in [3.8, 4) is 0 Å². The van der Waals surface area contributed by atoms with Crippen LogP contribution in [-0.4, -0.2) is 39.5 Å².